The van der Waals surface area contributed by atoms with Crippen LogP contribution in [-0.4, -0.2) is 29.0 Å². The third kappa shape index (κ3) is 2.62. The molecule has 0 spiro atoms. The summed E-state index contributed by atoms with van der Waals surface area (Å²) in [6.45, 7) is 5.83. The van der Waals surface area contributed by atoms with E-state index in [1.54, 1.807) is 12.1 Å². The summed E-state index contributed by atoms with van der Waals surface area (Å²) in [6, 6.07) is 7.09. The molecule has 6 heteroatoms. The van der Waals surface area contributed by atoms with Gasteiger partial charge >= 0.3 is 0 Å². The minimum Gasteiger partial charge on any atom is -0.371 e. The van der Waals surface area contributed by atoms with Crippen LogP contribution in [0.15, 0.2) is 24.3 Å². The van der Waals surface area contributed by atoms with Gasteiger partial charge in [0, 0.05) is 48.0 Å². The Morgan fingerprint density at radius 2 is 2.18 bits per heavy atom. The molecule has 2 atom stereocenters. The van der Waals surface area contributed by atoms with Crippen molar-refractivity contribution in [1.29, 1.82) is 0 Å². The van der Waals surface area contributed by atoms with Crippen LogP contribution >= 0.6 is 0 Å². The SMILES string of the molecule is Cc1cc(N2CCC(N)C(C)C2)c2cc([N+](=O)[O-])ccc2n1. The highest BCUT2D eigenvalue weighted by Crippen LogP contribution is 2.32. The van der Waals surface area contributed by atoms with Gasteiger partial charge in [-0.05, 0) is 31.4 Å². The number of piperidine rings is 1. The van der Waals surface area contributed by atoms with E-state index in [-0.39, 0.29) is 16.7 Å². The molecule has 1 fully saturated rings. The van der Waals surface area contributed by atoms with E-state index in [4.69, 9.17) is 5.73 Å². The summed E-state index contributed by atoms with van der Waals surface area (Å²) in [5, 5.41) is 11.9. The molecule has 0 amide bonds. The average molecular weight is 300 g/mol. The lowest BCUT2D eigenvalue weighted by molar-refractivity contribution is -0.384. The molecule has 3 rings (SSSR count). The molecule has 0 saturated carbocycles. The van der Waals surface area contributed by atoms with Gasteiger partial charge in [-0.2, -0.15) is 0 Å². The lowest BCUT2D eigenvalue weighted by Gasteiger charge is -2.37. The van der Waals surface area contributed by atoms with E-state index in [1.807, 2.05) is 13.0 Å². The Labute approximate surface area is 129 Å². The summed E-state index contributed by atoms with van der Waals surface area (Å²) in [5.41, 5.74) is 8.92. The van der Waals surface area contributed by atoms with Gasteiger partial charge in [0.15, 0.2) is 0 Å². The van der Waals surface area contributed by atoms with E-state index in [9.17, 15) is 10.1 Å². The van der Waals surface area contributed by atoms with E-state index in [1.165, 1.54) is 6.07 Å². The number of aryl methyl sites for hydroxylation is 1. The summed E-state index contributed by atoms with van der Waals surface area (Å²) in [5.74, 6) is 0.399. The molecular weight excluding hydrogens is 280 g/mol. The zero-order chi connectivity index (χ0) is 15.9. The number of anilines is 1. The number of pyridine rings is 1. The van der Waals surface area contributed by atoms with Gasteiger partial charge in [-0.3, -0.25) is 15.1 Å². The highest BCUT2D eigenvalue weighted by Gasteiger charge is 2.25. The predicted octanol–water partition coefficient (Wildman–Crippen LogP) is 2.62. The molecule has 1 saturated heterocycles. The summed E-state index contributed by atoms with van der Waals surface area (Å²) >= 11 is 0. The van der Waals surface area contributed by atoms with Gasteiger partial charge < -0.3 is 10.6 Å². The van der Waals surface area contributed by atoms with Crippen LogP contribution in [-0.2, 0) is 0 Å². The number of non-ortho nitro benzene ring substituents is 1. The van der Waals surface area contributed by atoms with Crippen molar-refractivity contribution >= 4 is 22.3 Å². The zero-order valence-corrected chi connectivity index (χ0v) is 12.8. The minimum absolute atomic E-state index is 0.0983. The molecule has 22 heavy (non-hydrogen) atoms. The molecule has 1 aliphatic rings. The van der Waals surface area contributed by atoms with Gasteiger partial charge in [-0.15, -0.1) is 0 Å². The number of benzene rings is 1. The lowest BCUT2D eigenvalue weighted by atomic mass is 9.94. The second-order valence-electron chi connectivity index (χ2n) is 6.12. The van der Waals surface area contributed by atoms with Crippen LogP contribution < -0.4 is 10.6 Å². The van der Waals surface area contributed by atoms with E-state index < -0.39 is 0 Å². The first-order chi connectivity index (χ1) is 10.5. The second-order valence-corrected chi connectivity index (χ2v) is 6.12. The van der Waals surface area contributed by atoms with Gasteiger partial charge in [-0.25, -0.2) is 0 Å². The first-order valence-electron chi connectivity index (χ1n) is 7.52. The van der Waals surface area contributed by atoms with Crippen LogP contribution in [0.5, 0.6) is 0 Å². The van der Waals surface area contributed by atoms with Crippen molar-refractivity contribution < 1.29 is 4.92 Å². The van der Waals surface area contributed by atoms with E-state index in [0.29, 0.717) is 5.92 Å². The summed E-state index contributed by atoms with van der Waals surface area (Å²) < 4.78 is 0. The normalized spacial score (nSPS) is 22.0. The largest absolute Gasteiger partial charge is 0.371 e. The molecule has 2 N–H and O–H groups in total. The predicted molar refractivity (Wildman–Crippen MR) is 87.1 cm³/mol. The Hall–Kier alpha value is -2.21. The number of nitro benzene ring substituents is 1. The first-order valence-corrected chi connectivity index (χ1v) is 7.52. The molecule has 2 aromatic rings. The fraction of sp³-hybridized carbons (Fsp3) is 0.438. The Balaban J connectivity index is 2.11. The molecule has 116 valence electrons. The standard InChI is InChI=1S/C16H20N4O2/c1-10-9-19(6-5-14(10)17)16-7-11(2)18-15-4-3-12(20(21)22)8-13(15)16/h3-4,7-8,10,14H,5-6,9,17H2,1-2H3. The van der Waals surface area contributed by atoms with Crippen LogP contribution in [0.4, 0.5) is 11.4 Å². The van der Waals surface area contributed by atoms with Crippen molar-refractivity contribution in [2.75, 3.05) is 18.0 Å². The number of hydrogen-bond donors (Lipinski definition) is 1. The maximum atomic E-state index is 11.0. The number of nitro groups is 1. The number of hydrogen-bond acceptors (Lipinski definition) is 5. The summed E-state index contributed by atoms with van der Waals surface area (Å²) in [6.07, 6.45) is 0.930. The first kappa shape index (κ1) is 14.7. The molecule has 2 heterocycles. The van der Waals surface area contributed by atoms with Crippen LogP contribution in [0.3, 0.4) is 0 Å². The maximum absolute atomic E-state index is 11.0. The Morgan fingerprint density at radius 3 is 2.86 bits per heavy atom. The quantitative estimate of drug-likeness (QED) is 0.680. The molecule has 0 aliphatic carbocycles. The highest BCUT2D eigenvalue weighted by atomic mass is 16.6. The fourth-order valence-electron chi connectivity index (χ4n) is 3.08. The lowest BCUT2D eigenvalue weighted by Crippen LogP contribution is -2.46. The number of rotatable bonds is 2. The number of aromatic nitrogens is 1. The van der Waals surface area contributed by atoms with Crippen molar-refractivity contribution in [3.05, 3.63) is 40.1 Å². The number of fused-ring (bicyclic) bond motifs is 1. The van der Waals surface area contributed by atoms with Gasteiger partial charge in [0.2, 0.25) is 0 Å². The van der Waals surface area contributed by atoms with Crippen molar-refractivity contribution in [3.63, 3.8) is 0 Å². The summed E-state index contributed by atoms with van der Waals surface area (Å²) in [4.78, 5) is 17.5. The monoisotopic (exact) mass is 300 g/mol. The number of nitrogens with two attached hydrogens (primary N) is 1. The topological polar surface area (TPSA) is 85.3 Å². The van der Waals surface area contributed by atoms with Crippen molar-refractivity contribution in [2.45, 2.75) is 26.3 Å². The van der Waals surface area contributed by atoms with Gasteiger partial charge in [0.25, 0.3) is 5.69 Å². The van der Waals surface area contributed by atoms with Crippen LogP contribution in [0, 0.1) is 23.0 Å². The minimum atomic E-state index is -0.363. The third-order valence-corrected chi connectivity index (χ3v) is 4.42. The fourth-order valence-corrected chi connectivity index (χ4v) is 3.08. The van der Waals surface area contributed by atoms with Crippen molar-refractivity contribution in [1.82, 2.24) is 4.98 Å². The highest BCUT2D eigenvalue weighted by molar-refractivity contribution is 5.93. The van der Waals surface area contributed by atoms with Crippen LogP contribution in [0.1, 0.15) is 19.0 Å². The third-order valence-electron chi connectivity index (χ3n) is 4.42. The zero-order valence-electron chi connectivity index (χ0n) is 12.8. The molecule has 0 bridgehead atoms. The van der Waals surface area contributed by atoms with Gasteiger partial charge in [0.05, 0.1) is 10.4 Å². The maximum Gasteiger partial charge on any atom is 0.270 e. The van der Waals surface area contributed by atoms with Crippen molar-refractivity contribution in [2.24, 2.45) is 11.7 Å². The Bertz CT molecular complexity index is 731. The van der Waals surface area contributed by atoms with E-state index in [0.717, 1.165) is 41.8 Å². The van der Waals surface area contributed by atoms with E-state index >= 15 is 0 Å². The molecule has 6 nitrogen and oxygen atoms in total. The molecular formula is C16H20N4O2. The van der Waals surface area contributed by atoms with Gasteiger partial charge in [-0.1, -0.05) is 6.92 Å². The molecule has 2 unspecified atom stereocenters. The summed E-state index contributed by atoms with van der Waals surface area (Å²) in [7, 11) is 0. The smallest absolute Gasteiger partial charge is 0.270 e. The Morgan fingerprint density at radius 1 is 1.41 bits per heavy atom. The molecule has 0 radical (unpaired) electrons. The van der Waals surface area contributed by atoms with Gasteiger partial charge in [0.1, 0.15) is 0 Å². The average Bonchev–Trinajstić information content (AvgIpc) is 2.48. The second kappa shape index (κ2) is 5.53. The molecule has 1 aromatic carbocycles. The molecule has 1 aromatic heterocycles. The van der Waals surface area contributed by atoms with Crippen LogP contribution in [0.2, 0.25) is 0 Å². The molecule has 1 aliphatic heterocycles. The Kier molecular flexibility index (Phi) is 3.70. The van der Waals surface area contributed by atoms with Crippen LogP contribution in [0.25, 0.3) is 10.9 Å². The number of nitrogens with zero attached hydrogens (tertiary/aromatic N) is 3. The van der Waals surface area contributed by atoms with E-state index in [2.05, 4.69) is 16.8 Å². The van der Waals surface area contributed by atoms with Crippen molar-refractivity contribution in [3.8, 4) is 0 Å².